The number of aliphatic hydroxyl groups excluding tert-OH is 1. The van der Waals surface area contributed by atoms with Gasteiger partial charge in [-0.3, -0.25) is 4.98 Å². The average Bonchev–Trinajstić information content (AvgIpc) is 2.36. The van der Waals surface area contributed by atoms with Crippen molar-refractivity contribution in [3.63, 3.8) is 0 Å². The Morgan fingerprint density at radius 1 is 1.39 bits per heavy atom. The Labute approximate surface area is 108 Å². The second-order valence-corrected chi connectivity index (χ2v) is 5.49. The molecule has 0 aliphatic heterocycles. The van der Waals surface area contributed by atoms with Crippen LogP contribution in [0.2, 0.25) is 0 Å². The minimum Gasteiger partial charge on any atom is -0.392 e. The van der Waals surface area contributed by atoms with Gasteiger partial charge in [-0.05, 0) is 12.8 Å². The van der Waals surface area contributed by atoms with E-state index in [2.05, 4.69) is 41.4 Å². The Hall–Kier alpha value is -1.36. The summed E-state index contributed by atoms with van der Waals surface area (Å²) in [5.74, 6) is 1.56. The molecule has 1 saturated carbocycles. The van der Waals surface area contributed by atoms with Crippen LogP contribution in [0.3, 0.4) is 0 Å². The van der Waals surface area contributed by atoms with Crippen molar-refractivity contribution in [2.45, 2.75) is 45.8 Å². The first-order valence-electron chi connectivity index (χ1n) is 6.54. The molecule has 0 radical (unpaired) electrons. The number of aliphatic hydroxyl groups is 1. The molecule has 2 atom stereocenters. The smallest absolute Gasteiger partial charge is 0.147 e. The number of aromatic nitrogens is 2. The van der Waals surface area contributed by atoms with Crippen LogP contribution in [0.15, 0.2) is 12.4 Å². The predicted molar refractivity (Wildman–Crippen MR) is 72.6 cm³/mol. The molecule has 1 aromatic rings. The van der Waals surface area contributed by atoms with E-state index in [1.54, 1.807) is 12.4 Å². The standard InChI is InChI=1S/C13H22N4O/c1-4-5-15-11-7-14-8-12(17-11)16-9-6-10(18)13(9,2)3/h7-10,18H,4-6H2,1-3H3,(H2,15,16,17). The molecule has 2 rings (SSSR count). The number of hydrogen-bond donors (Lipinski definition) is 3. The summed E-state index contributed by atoms with van der Waals surface area (Å²) >= 11 is 0. The van der Waals surface area contributed by atoms with Gasteiger partial charge in [0.15, 0.2) is 0 Å². The Morgan fingerprint density at radius 3 is 2.72 bits per heavy atom. The monoisotopic (exact) mass is 250 g/mol. The number of hydrogen-bond acceptors (Lipinski definition) is 5. The van der Waals surface area contributed by atoms with E-state index in [1.165, 1.54) is 0 Å². The van der Waals surface area contributed by atoms with Crippen molar-refractivity contribution < 1.29 is 5.11 Å². The lowest BCUT2D eigenvalue weighted by atomic mass is 9.64. The lowest BCUT2D eigenvalue weighted by Gasteiger charge is -2.49. The van der Waals surface area contributed by atoms with Crippen LogP contribution >= 0.6 is 0 Å². The quantitative estimate of drug-likeness (QED) is 0.744. The summed E-state index contributed by atoms with van der Waals surface area (Å²) in [6, 6.07) is 0.253. The molecule has 0 amide bonds. The number of anilines is 2. The average molecular weight is 250 g/mol. The number of nitrogens with one attached hydrogen (secondary N) is 2. The Balaban J connectivity index is 1.98. The van der Waals surface area contributed by atoms with E-state index < -0.39 is 0 Å². The van der Waals surface area contributed by atoms with E-state index >= 15 is 0 Å². The summed E-state index contributed by atoms with van der Waals surface area (Å²) in [6.07, 6.45) is 5.03. The van der Waals surface area contributed by atoms with E-state index in [0.29, 0.717) is 0 Å². The van der Waals surface area contributed by atoms with Gasteiger partial charge in [0, 0.05) is 18.0 Å². The molecule has 100 valence electrons. The number of nitrogens with zero attached hydrogens (tertiary/aromatic N) is 2. The maximum atomic E-state index is 9.71. The van der Waals surface area contributed by atoms with Gasteiger partial charge in [0.05, 0.1) is 18.5 Å². The van der Waals surface area contributed by atoms with Gasteiger partial charge in [0.1, 0.15) is 11.6 Å². The third-order valence-corrected chi connectivity index (χ3v) is 3.73. The zero-order chi connectivity index (χ0) is 13.2. The molecule has 1 fully saturated rings. The first-order chi connectivity index (χ1) is 8.54. The maximum Gasteiger partial charge on any atom is 0.147 e. The molecule has 1 heterocycles. The van der Waals surface area contributed by atoms with Gasteiger partial charge >= 0.3 is 0 Å². The van der Waals surface area contributed by atoms with Crippen LogP contribution in [0.1, 0.15) is 33.6 Å². The molecule has 0 bridgehead atoms. The molecular weight excluding hydrogens is 228 g/mol. The summed E-state index contributed by atoms with van der Waals surface area (Å²) in [5, 5.41) is 16.3. The molecule has 5 nitrogen and oxygen atoms in total. The van der Waals surface area contributed by atoms with Crippen LogP contribution in [0, 0.1) is 5.41 Å². The molecule has 1 aliphatic carbocycles. The summed E-state index contributed by atoms with van der Waals surface area (Å²) in [4.78, 5) is 8.62. The second kappa shape index (κ2) is 5.10. The first-order valence-corrected chi connectivity index (χ1v) is 6.54. The third-order valence-electron chi connectivity index (χ3n) is 3.73. The molecule has 2 unspecified atom stereocenters. The first kappa shape index (κ1) is 13.1. The van der Waals surface area contributed by atoms with Gasteiger partial charge in [0.25, 0.3) is 0 Å². The maximum absolute atomic E-state index is 9.71. The van der Waals surface area contributed by atoms with E-state index in [4.69, 9.17) is 0 Å². The second-order valence-electron chi connectivity index (χ2n) is 5.49. The van der Waals surface area contributed by atoms with E-state index in [0.717, 1.165) is 31.0 Å². The highest BCUT2D eigenvalue weighted by Gasteiger charge is 2.47. The van der Waals surface area contributed by atoms with E-state index in [1.807, 2.05) is 0 Å². The van der Waals surface area contributed by atoms with Crippen molar-refractivity contribution in [1.29, 1.82) is 0 Å². The van der Waals surface area contributed by atoms with Crippen molar-refractivity contribution >= 4 is 11.6 Å². The predicted octanol–water partition coefficient (Wildman–Crippen LogP) is 1.87. The van der Waals surface area contributed by atoms with Crippen LogP contribution < -0.4 is 10.6 Å². The highest BCUT2D eigenvalue weighted by molar-refractivity contribution is 5.43. The topological polar surface area (TPSA) is 70.1 Å². The van der Waals surface area contributed by atoms with Gasteiger partial charge in [-0.1, -0.05) is 20.8 Å². The van der Waals surface area contributed by atoms with Gasteiger partial charge < -0.3 is 15.7 Å². The van der Waals surface area contributed by atoms with Crippen LogP contribution in [0.5, 0.6) is 0 Å². The molecular formula is C13H22N4O. The zero-order valence-electron chi connectivity index (χ0n) is 11.3. The van der Waals surface area contributed by atoms with E-state index in [9.17, 15) is 5.11 Å². The van der Waals surface area contributed by atoms with Crippen LogP contribution in [0.25, 0.3) is 0 Å². The molecule has 18 heavy (non-hydrogen) atoms. The summed E-state index contributed by atoms with van der Waals surface area (Å²) in [7, 11) is 0. The molecule has 0 spiro atoms. The fraction of sp³-hybridized carbons (Fsp3) is 0.692. The van der Waals surface area contributed by atoms with Gasteiger partial charge in [-0.2, -0.15) is 0 Å². The molecule has 0 saturated heterocycles. The SMILES string of the molecule is CCCNc1cncc(NC2CC(O)C2(C)C)n1. The molecule has 3 N–H and O–H groups in total. The van der Waals surface area contributed by atoms with Crippen molar-refractivity contribution in [1.82, 2.24) is 9.97 Å². The van der Waals surface area contributed by atoms with Crippen LogP contribution in [-0.2, 0) is 0 Å². The summed E-state index contributed by atoms with van der Waals surface area (Å²) < 4.78 is 0. The van der Waals surface area contributed by atoms with Crippen molar-refractivity contribution in [2.75, 3.05) is 17.2 Å². The number of rotatable bonds is 5. The van der Waals surface area contributed by atoms with Crippen LogP contribution in [0.4, 0.5) is 11.6 Å². The zero-order valence-corrected chi connectivity index (χ0v) is 11.3. The normalized spacial score (nSPS) is 25.3. The Morgan fingerprint density at radius 2 is 2.11 bits per heavy atom. The lowest BCUT2D eigenvalue weighted by molar-refractivity contribution is -0.0511. The Kier molecular flexibility index (Phi) is 3.71. The van der Waals surface area contributed by atoms with E-state index in [-0.39, 0.29) is 17.6 Å². The molecule has 1 aromatic heterocycles. The minimum atomic E-state index is -0.232. The largest absolute Gasteiger partial charge is 0.392 e. The van der Waals surface area contributed by atoms with Gasteiger partial charge in [-0.25, -0.2) is 4.98 Å². The third kappa shape index (κ3) is 2.56. The lowest BCUT2D eigenvalue weighted by Crippen LogP contribution is -2.57. The molecule has 0 aromatic carbocycles. The van der Waals surface area contributed by atoms with Gasteiger partial charge in [0.2, 0.25) is 0 Å². The van der Waals surface area contributed by atoms with Crippen molar-refractivity contribution in [2.24, 2.45) is 5.41 Å². The Bertz CT molecular complexity index is 408. The fourth-order valence-corrected chi connectivity index (χ4v) is 2.10. The van der Waals surface area contributed by atoms with Crippen LogP contribution in [-0.4, -0.2) is 33.8 Å². The van der Waals surface area contributed by atoms with Crippen molar-refractivity contribution in [3.05, 3.63) is 12.4 Å². The summed E-state index contributed by atoms with van der Waals surface area (Å²) in [6.45, 7) is 7.13. The fourth-order valence-electron chi connectivity index (χ4n) is 2.10. The van der Waals surface area contributed by atoms with Crippen molar-refractivity contribution in [3.8, 4) is 0 Å². The molecule has 1 aliphatic rings. The minimum absolute atomic E-state index is 0.103. The molecule has 5 heteroatoms. The summed E-state index contributed by atoms with van der Waals surface area (Å²) in [5.41, 5.74) is -0.103. The van der Waals surface area contributed by atoms with Gasteiger partial charge in [-0.15, -0.1) is 0 Å². The highest BCUT2D eigenvalue weighted by Crippen LogP contribution is 2.41. The highest BCUT2D eigenvalue weighted by atomic mass is 16.3.